The van der Waals surface area contributed by atoms with Gasteiger partial charge in [0.2, 0.25) is 0 Å². The summed E-state index contributed by atoms with van der Waals surface area (Å²) in [6.45, 7) is 4.25. The number of amides is 1. The van der Waals surface area contributed by atoms with Crippen molar-refractivity contribution in [2.45, 2.75) is 18.2 Å². The van der Waals surface area contributed by atoms with Gasteiger partial charge in [-0.3, -0.25) is 4.79 Å². The highest BCUT2D eigenvalue weighted by Crippen LogP contribution is 2.55. The molecule has 158 valence electrons. The summed E-state index contributed by atoms with van der Waals surface area (Å²) in [7, 11) is 0. The minimum Gasteiger partial charge on any atom is -0.453 e. The number of hydrogen-bond acceptors (Lipinski definition) is 4. The van der Waals surface area contributed by atoms with Gasteiger partial charge in [-0.2, -0.15) is 5.10 Å². The van der Waals surface area contributed by atoms with Gasteiger partial charge in [0.05, 0.1) is 23.0 Å². The summed E-state index contributed by atoms with van der Waals surface area (Å²) in [5.41, 5.74) is 3.31. The molecule has 0 saturated carbocycles. The molecule has 6 heteroatoms. The highest BCUT2D eigenvalue weighted by molar-refractivity contribution is 9.10. The van der Waals surface area contributed by atoms with Crippen molar-refractivity contribution in [3.63, 3.8) is 0 Å². The zero-order valence-corrected chi connectivity index (χ0v) is 18.8. The SMILES string of the molecule is C=CCN1C(=O)[C@]2(Oc3ccc(Br)cc3[C@@H]3CC(c4ccccc4)=NN32)c2ccccc21. The lowest BCUT2D eigenvalue weighted by Crippen LogP contribution is -2.57. The van der Waals surface area contributed by atoms with Crippen molar-refractivity contribution in [2.75, 3.05) is 11.4 Å². The largest absolute Gasteiger partial charge is 0.453 e. The monoisotopic (exact) mass is 485 g/mol. The summed E-state index contributed by atoms with van der Waals surface area (Å²) < 4.78 is 7.59. The maximum atomic E-state index is 14.0. The summed E-state index contributed by atoms with van der Waals surface area (Å²) in [6, 6.07) is 23.8. The number of carbonyl (C=O) groups excluding carboxylic acids is 1. The molecule has 0 radical (unpaired) electrons. The van der Waals surface area contributed by atoms with Crippen molar-refractivity contribution in [1.82, 2.24) is 5.01 Å². The van der Waals surface area contributed by atoms with Gasteiger partial charge in [0.1, 0.15) is 5.75 Å². The normalized spacial score (nSPS) is 22.8. The molecule has 3 aromatic rings. The van der Waals surface area contributed by atoms with Crippen LogP contribution < -0.4 is 9.64 Å². The Kier molecular flexibility index (Phi) is 4.27. The number of anilines is 1. The van der Waals surface area contributed by atoms with E-state index in [0.29, 0.717) is 18.7 Å². The predicted molar refractivity (Wildman–Crippen MR) is 128 cm³/mol. The summed E-state index contributed by atoms with van der Waals surface area (Å²) in [6.07, 6.45) is 2.43. The van der Waals surface area contributed by atoms with Gasteiger partial charge in [-0.25, -0.2) is 5.01 Å². The van der Waals surface area contributed by atoms with Crippen LogP contribution in [0, 0.1) is 0 Å². The van der Waals surface area contributed by atoms with Crippen molar-refractivity contribution in [1.29, 1.82) is 0 Å². The third kappa shape index (κ3) is 2.56. The van der Waals surface area contributed by atoms with E-state index >= 15 is 0 Å². The number of nitrogens with zero attached hydrogens (tertiary/aromatic N) is 3. The van der Waals surface area contributed by atoms with Crippen LogP contribution >= 0.6 is 15.9 Å². The van der Waals surface area contributed by atoms with Gasteiger partial charge >= 0.3 is 5.72 Å². The third-order valence-corrected chi connectivity index (χ3v) is 6.83. The van der Waals surface area contributed by atoms with Gasteiger partial charge in [0.15, 0.2) is 0 Å². The van der Waals surface area contributed by atoms with Crippen LogP contribution in [0.1, 0.15) is 29.2 Å². The van der Waals surface area contributed by atoms with E-state index in [9.17, 15) is 4.79 Å². The van der Waals surface area contributed by atoms with Gasteiger partial charge in [0.25, 0.3) is 5.91 Å². The van der Waals surface area contributed by atoms with Crippen LogP contribution in [0.4, 0.5) is 5.69 Å². The fourth-order valence-electron chi connectivity index (χ4n) is 4.96. The first-order chi connectivity index (χ1) is 15.6. The first-order valence-electron chi connectivity index (χ1n) is 10.6. The van der Waals surface area contributed by atoms with E-state index < -0.39 is 5.72 Å². The zero-order valence-electron chi connectivity index (χ0n) is 17.2. The van der Waals surface area contributed by atoms with E-state index in [0.717, 1.165) is 32.6 Å². The lowest BCUT2D eigenvalue weighted by atomic mass is 9.92. The molecule has 3 aliphatic rings. The summed E-state index contributed by atoms with van der Waals surface area (Å²) in [5, 5.41) is 6.91. The molecule has 3 aromatic carbocycles. The molecule has 0 fully saturated rings. The van der Waals surface area contributed by atoms with Crippen molar-refractivity contribution < 1.29 is 9.53 Å². The first-order valence-corrected chi connectivity index (χ1v) is 11.4. The van der Waals surface area contributed by atoms with E-state index in [1.54, 1.807) is 11.0 Å². The second kappa shape index (κ2) is 7.07. The Morgan fingerprint density at radius 1 is 1.12 bits per heavy atom. The molecule has 6 rings (SSSR count). The summed E-state index contributed by atoms with van der Waals surface area (Å²) in [4.78, 5) is 15.8. The van der Waals surface area contributed by atoms with Crippen LogP contribution in [0.5, 0.6) is 5.75 Å². The number of para-hydroxylation sites is 1. The Morgan fingerprint density at radius 3 is 2.72 bits per heavy atom. The van der Waals surface area contributed by atoms with Crippen molar-refractivity contribution >= 4 is 33.2 Å². The highest BCUT2D eigenvalue weighted by Gasteiger charge is 2.63. The van der Waals surface area contributed by atoms with Crippen LogP contribution in [0.15, 0.2) is 95.0 Å². The van der Waals surface area contributed by atoms with E-state index in [-0.39, 0.29) is 11.9 Å². The number of halogens is 1. The smallest absolute Gasteiger partial charge is 0.306 e. The van der Waals surface area contributed by atoms with Gasteiger partial charge in [-0.15, -0.1) is 6.58 Å². The van der Waals surface area contributed by atoms with Gasteiger partial charge < -0.3 is 9.64 Å². The number of carbonyl (C=O) groups is 1. The second-order valence-corrected chi connectivity index (χ2v) is 9.04. The fraction of sp³-hybridized carbons (Fsp3) is 0.154. The fourth-order valence-corrected chi connectivity index (χ4v) is 5.34. The Hall–Kier alpha value is -3.38. The molecule has 3 aliphatic heterocycles. The number of rotatable bonds is 3. The van der Waals surface area contributed by atoms with Crippen LogP contribution in [0.3, 0.4) is 0 Å². The molecule has 0 unspecified atom stereocenters. The molecule has 2 atom stereocenters. The van der Waals surface area contributed by atoms with E-state index in [1.165, 1.54) is 0 Å². The van der Waals surface area contributed by atoms with Gasteiger partial charge in [-0.1, -0.05) is 70.5 Å². The maximum Gasteiger partial charge on any atom is 0.306 e. The molecule has 3 heterocycles. The molecule has 0 aliphatic carbocycles. The van der Waals surface area contributed by atoms with Crippen molar-refractivity contribution in [3.05, 3.63) is 107 Å². The zero-order chi connectivity index (χ0) is 21.9. The average molecular weight is 486 g/mol. The lowest BCUT2D eigenvalue weighted by molar-refractivity contribution is -0.163. The number of fused-ring (bicyclic) bond motifs is 6. The van der Waals surface area contributed by atoms with Crippen LogP contribution in [-0.4, -0.2) is 23.2 Å². The molecule has 0 aromatic heterocycles. The van der Waals surface area contributed by atoms with Crippen LogP contribution in [0.2, 0.25) is 0 Å². The molecule has 1 amide bonds. The van der Waals surface area contributed by atoms with Crippen LogP contribution in [0.25, 0.3) is 0 Å². The highest BCUT2D eigenvalue weighted by atomic mass is 79.9. The molecule has 0 bridgehead atoms. The van der Waals surface area contributed by atoms with Gasteiger partial charge in [-0.05, 0) is 29.8 Å². The minimum atomic E-state index is -1.35. The number of hydrogen-bond donors (Lipinski definition) is 0. The van der Waals surface area contributed by atoms with E-state index in [4.69, 9.17) is 9.84 Å². The Labute approximate surface area is 194 Å². The third-order valence-electron chi connectivity index (χ3n) is 6.34. The quantitative estimate of drug-likeness (QED) is 0.468. The molecule has 0 N–H and O–H groups in total. The standard InChI is InChI=1S/C26H20BrN3O2/c1-2-14-29-22-11-7-6-10-20(22)26(25(29)31)30-23(19-15-18(27)12-13-24(19)32-26)16-21(28-30)17-8-4-3-5-9-17/h2-13,15,23H,1,14,16H2/t23-,26+/m0/s1. The Bertz CT molecular complexity index is 1290. The van der Waals surface area contributed by atoms with E-state index in [2.05, 4.69) is 40.7 Å². The number of ether oxygens (including phenoxy) is 1. The van der Waals surface area contributed by atoms with Crippen LogP contribution in [-0.2, 0) is 10.5 Å². The van der Waals surface area contributed by atoms with E-state index in [1.807, 2.05) is 59.6 Å². The Balaban J connectivity index is 1.59. The van der Waals surface area contributed by atoms with Crippen molar-refractivity contribution in [2.24, 2.45) is 5.10 Å². The topological polar surface area (TPSA) is 45.1 Å². The lowest BCUT2D eigenvalue weighted by Gasteiger charge is -2.44. The Morgan fingerprint density at radius 2 is 1.91 bits per heavy atom. The molecule has 32 heavy (non-hydrogen) atoms. The predicted octanol–water partition coefficient (Wildman–Crippen LogP) is 5.38. The molecular formula is C26H20BrN3O2. The molecule has 1 spiro atoms. The van der Waals surface area contributed by atoms with Gasteiger partial charge in [0, 0.05) is 23.0 Å². The van der Waals surface area contributed by atoms with Crippen molar-refractivity contribution in [3.8, 4) is 5.75 Å². The molecule has 5 nitrogen and oxygen atoms in total. The summed E-state index contributed by atoms with van der Waals surface area (Å²) >= 11 is 3.59. The molecule has 0 saturated heterocycles. The maximum absolute atomic E-state index is 14.0. The number of benzene rings is 3. The minimum absolute atomic E-state index is 0.118. The average Bonchev–Trinajstić information content (AvgIpc) is 3.37. The molecular weight excluding hydrogens is 466 g/mol. The first kappa shape index (κ1) is 19.3. The second-order valence-electron chi connectivity index (χ2n) is 8.13. The number of hydrazone groups is 1. The summed E-state index contributed by atoms with van der Waals surface area (Å²) in [5.74, 6) is 0.567.